The van der Waals surface area contributed by atoms with E-state index >= 15 is 0 Å². The molecule has 0 amide bonds. The minimum Gasteiger partial charge on any atom is -0.486 e. The molecule has 3 N–H and O–H groups in total. The van der Waals surface area contributed by atoms with Gasteiger partial charge in [0.15, 0.2) is 11.5 Å². The van der Waals surface area contributed by atoms with Crippen LogP contribution in [0.5, 0.6) is 11.5 Å². The molecule has 19 heavy (non-hydrogen) atoms. The minimum absolute atomic E-state index is 0.573. The van der Waals surface area contributed by atoms with Crippen molar-refractivity contribution in [2.75, 3.05) is 30.8 Å². The molecule has 0 atom stereocenters. The number of nitrogens with zero attached hydrogens (tertiary/aromatic N) is 1. The number of ether oxygens (including phenoxy) is 2. The second-order valence-corrected chi connectivity index (χ2v) is 5.16. The van der Waals surface area contributed by atoms with E-state index in [-0.39, 0.29) is 0 Å². The van der Waals surface area contributed by atoms with E-state index in [1.807, 2.05) is 17.6 Å². The number of hydrogen-bond acceptors (Lipinski definition) is 6. The third-order valence-electron chi connectivity index (χ3n) is 2.85. The molecule has 0 spiro atoms. The first kappa shape index (κ1) is 12.1. The Bertz CT molecular complexity index is 557. The van der Waals surface area contributed by atoms with E-state index in [1.165, 1.54) is 0 Å². The van der Waals surface area contributed by atoms with Crippen molar-refractivity contribution in [2.45, 2.75) is 6.42 Å². The predicted molar refractivity (Wildman–Crippen MR) is 76.2 cm³/mol. The van der Waals surface area contributed by atoms with Crippen molar-refractivity contribution in [3.05, 3.63) is 28.7 Å². The number of nitrogens with one attached hydrogen (secondary N) is 1. The SMILES string of the molecule is Nc1cc2c(cc1NCCc1nccs1)OCCO2. The third kappa shape index (κ3) is 2.73. The van der Waals surface area contributed by atoms with E-state index in [1.54, 1.807) is 17.4 Å². The Morgan fingerprint density at radius 3 is 2.79 bits per heavy atom. The van der Waals surface area contributed by atoms with E-state index < -0.39 is 0 Å². The Hall–Kier alpha value is -1.95. The van der Waals surface area contributed by atoms with E-state index in [2.05, 4.69) is 10.3 Å². The van der Waals surface area contributed by atoms with Gasteiger partial charge in [-0.25, -0.2) is 4.98 Å². The van der Waals surface area contributed by atoms with E-state index in [9.17, 15) is 0 Å². The lowest BCUT2D eigenvalue weighted by Crippen LogP contribution is -2.16. The van der Waals surface area contributed by atoms with E-state index in [4.69, 9.17) is 15.2 Å². The smallest absolute Gasteiger partial charge is 0.163 e. The van der Waals surface area contributed by atoms with Crippen molar-refractivity contribution < 1.29 is 9.47 Å². The lowest BCUT2D eigenvalue weighted by Gasteiger charge is -2.20. The summed E-state index contributed by atoms with van der Waals surface area (Å²) >= 11 is 1.66. The first-order valence-corrected chi connectivity index (χ1v) is 7.02. The van der Waals surface area contributed by atoms with Gasteiger partial charge in [0.05, 0.1) is 16.4 Å². The van der Waals surface area contributed by atoms with Crippen molar-refractivity contribution in [3.63, 3.8) is 0 Å². The van der Waals surface area contributed by atoms with Crippen LogP contribution in [-0.2, 0) is 6.42 Å². The first-order valence-electron chi connectivity index (χ1n) is 6.14. The molecular weight excluding hydrogens is 262 g/mol. The highest BCUT2D eigenvalue weighted by Crippen LogP contribution is 2.36. The standard InChI is InChI=1S/C13H15N3O2S/c14-9-7-11-12(18-5-4-17-11)8-10(9)15-2-1-13-16-3-6-19-13/h3,6-8,15H,1-2,4-5,14H2. The fourth-order valence-corrected chi connectivity index (χ4v) is 2.56. The number of thiazole rings is 1. The molecule has 2 heterocycles. The van der Waals surface area contributed by atoms with Crippen molar-refractivity contribution >= 4 is 22.7 Å². The Labute approximate surface area is 115 Å². The number of aromatic nitrogens is 1. The van der Waals surface area contributed by atoms with Gasteiger partial charge in [0.25, 0.3) is 0 Å². The number of nitrogens with two attached hydrogens (primary N) is 1. The molecular formula is C13H15N3O2S. The van der Waals surface area contributed by atoms with Gasteiger partial charge in [-0.2, -0.15) is 0 Å². The Kier molecular flexibility index (Phi) is 3.41. The molecule has 100 valence electrons. The van der Waals surface area contributed by atoms with Gasteiger partial charge in [-0.1, -0.05) is 0 Å². The number of rotatable bonds is 4. The summed E-state index contributed by atoms with van der Waals surface area (Å²) in [5, 5.41) is 6.40. The monoisotopic (exact) mass is 277 g/mol. The van der Waals surface area contributed by atoms with E-state index in [0.717, 1.165) is 29.4 Å². The molecule has 1 aromatic carbocycles. The second kappa shape index (κ2) is 5.36. The first-order chi connectivity index (χ1) is 9.33. The minimum atomic E-state index is 0.573. The molecule has 1 aromatic heterocycles. The van der Waals surface area contributed by atoms with Gasteiger partial charge in [-0.3, -0.25) is 0 Å². The van der Waals surface area contributed by atoms with Gasteiger partial charge >= 0.3 is 0 Å². The zero-order valence-electron chi connectivity index (χ0n) is 10.4. The van der Waals surface area contributed by atoms with Gasteiger partial charge in [-0.15, -0.1) is 11.3 Å². The zero-order chi connectivity index (χ0) is 13.1. The number of fused-ring (bicyclic) bond motifs is 1. The van der Waals surface area contributed by atoms with Crippen LogP contribution in [0.25, 0.3) is 0 Å². The van der Waals surface area contributed by atoms with Crippen LogP contribution in [0.15, 0.2) is 23.7 Å². The molecule has 1 aliphatic rings. The summed E-state index contributed by atoms with van der Waals surface area (Å²) in [4.78, 5) is 4.24. The third-order valence-corrected chi connectivity index (χ3v) is 3.69. The summed E-state index contributed by atoms with van der Waals surface area (Å²) in [6, 6.07) is 3.70. The maximum absolute atomic E-state index is 5.99. The van der Waals surface area contributed by atoms with Crippen molar-refractivity contribution in [2.24, 2.45) is 0 Å². The molecule has 0 bridgehead atoms. The number of anilines is 2. The summed E-state index contributed by atoms with van der Waals surface area (Å²) in [6.45, 7) is 1.94. The van der Waals surface area contributed by atoms with Gasteiger partial charge in [0, 0.05) is 36.7 Å². The maximum atomic E-state index is 5.99. The number of nitrogen functional groups attached to an aromatic ring is 1. The fourth-order valence-electron chi connectivity index (χ4n) is 1.94. The molecule has 3 rings (SSSR count). The van der Waals surface area contributed by atoms with Crippen LogP contribution < -0.4 is 20.5 Å². The zero-order valence-corrected chi connectivity index (χ0v) is 11.2. The average Bonchev–Trinajstić information content (AvgIpc) is 2.92. The lowest BCUT2D eigenvalue weighted by atomic mass is 10.2. The Morgan fingerprint density at radius 1 is 1.26 bits per heavy atom. The summed E-state index contributed by atoms with van der Waals surface area (Å²) in [6.07, 6.45) is 2.70. The van der Waals surface area contributed by atoms with Crippen molar-refractivity contribution in [1.82, 2.24) is 4.98 Å². The number of hydrogen-bond donors (Lipinski definition) is 2. The summed E-state index contributed by atoms with van der Waals surface area (Å²) in [7, 11) is 0. The quantitative estimate of drug-likeness (QED) is 0.838. The fraction of sp³-hybridized carbons (Fsp3) is 0.308. The summed E-state index contributed by atoms with van der Waals surface area (Å²) in [5.74, 6) is 1.46. The maximum Gasteiger partial charge on any atom is 0.163 e. The normalized spacial score (nSPS) is 13.3. The summed E-state index contributed by atoms with van der Waals surface area (Å²) in [5.41, 5.74) is 7.54. The van der Waals surface area contributed by atoms with Gasteiger partial charge in [0.2, 0.25) is 0 Å². The number of benzene rings is 1. The van der Waals surface area contributed by atoms with Crippen LogP contribution in [0.2, 0.25) is 0 Å². The molecule has 0 aliphatic carbocycles. The van der Waals surface area contributed by atoms with Crippen molar-refractivity contribution in [3.8, 4) is 11.5 Å². The highest BCUT2D eigenvalue weighted by atomic mass is 32.1. The largest absolute Gasteiger partial charge is 0.486 e. The van der Waals surface area contributed by atoms with Crippen LogP contribution >= 0.6 is 11.3 Å². The van der Waals surface area contributed by atoms with Gasteiger partial charge < -0.3 is 20.5 Å². The van der Waals surface area contributed by atoms with Gasteiger partial charge in [0.1, 0.15) is 13.2 Å². The lowest BCUT2D eigenvalue weighted by molar-refractivity contribution is 0.172. The molecule has 0 saturated heterocycles. The van der Waals surface area contributed by atoms with Crippen LogP contribution in [0.3, 0.4) is 0 Å². The predicted octanol–water partition coefficient (Wildman–Crippen LogP) is 2.15. The topological polar surface area (TPSA) is 69.4 Å². The highest BCUT2D eigenvalue weighted by molar-refractivity contribution is 7.09. The summed E-state index contributed by atoms with van der Waals surface area (Å²) < 4.78 is 11.0. The van der Waals surface area contributed by atoms with Crippen LogP contribution in [0, 0.1) is 0 Å². The molecule has 0 fully saturated rings. The average molecular weight is 277 g/mol. The van der Waals surface area contributed by atoms with E-state index in [0.29, 0.717) is 24.7 Å². The molecule has 2 aromatic rings. The van der Waals surface area contributed by atoms with Gasteiger partial charge in [-0.05, 0) is 0 Å². The highest BCUT2D eigenvalue weighted by Gasteiger charge is 2.14. The second-order valence-electron chi connectivity index (χ2n) is 4.19. The van der Waals surface area contributed by atoms with Crippen LogP contribution in [0.1, 0.15) is 5.01 Å². The van der Waals surface area contributed by atoms with Crippen molar-refractivity contribution in [1.29, 1.82) is 0 Å². The molecule has 6 heteroatoms. The van der Waals surface area contributed by atoms with Crippen LogP contribution in [0.4, 0.5) is 11.4 Å². The van der Waals surface area contributed by atoms with Crippen LogP contribution in [-0.4, -0.2) is 24.7 Å². The molecule has 0 saturated carbocycles. The Balaban J connectivity index is 1.67. The molecule has 5 nitrogen and oxygen atoms in total. The Morgan fingerprint density at radius 2 is 2.05 bits per heavy atom. The molecule has 0 radical (unpaired) electrons. The molecule has 0 unspecified atom stereocenters. The molecule has 1 aliphatic heterocycles.